The van der Waals surface area contributed by atoms with Crippen molar-refractivity contribution >= 4 is 17.4 Å². The molecule has 3 aromatic rings. The van der Waals surface area contributed by atoms with Gasteiger partial charge in [-0.1, -0.05) is 42.5 Å². The molecule has 24 heavy (non-hydrogen) atoms. The van der Waals surface area contributed by atoms with Gasteiger partial charge in [-0.05, 0) is 24.3 Å². The van der Waals surface area contributed by atoms with E-state index in [1.54, 1.807) is 24.3 Å². The van der Waals surface area contributed by atoms with Crippen LogP contribution in [0, 0.1) is 0 Å². The Balaban J connectivity index is 1.70. The minimum Gasteiger partial charge on any atom is -0.324 e. The molecule has 2 aromatic carbocycles. The van der Waals surface area contributed by atoms with E-state index in [9.17, 15) is 9.59 Å². The fraction of sp³-hybridized carbons (Fsp3) is 0.118. The zero-order chi connectivity index (χ0) is 16.9. The molecule has 0 unspecified atom stereocenters. The molecule has 7 nitrogen and oxygen atoms in total. The highest BCUT2D eigenvalue weighted by Gasteiger charge is 2.12. The molecule has 120 valence electrons. The summed E-state index contributed by atoms with van der Waals surface area (Å²) in [6.07, 6.45) is 0. The van der Waals surface area contributed by atoms with E-state index in [0.717, 1.165) is 5.56 Å². The first-order valence-corrected chi connectivity index (χ1v) is 7.36. The Morgan fingerprint density at radius 2 is 1.75 bits per heavy atom. The Labute approximate surface area is 138 Å². The van der Waals surface area contributed by atoms with Gasteiger partial charge in [0.1, 0.15) is 6.54 Å². The molecule has 1 amide bonds. The van der Waals surface area contributed by atoms with Gasteiger partial charge in [0.25, 0.3) is 0 Å². The first kappa shape index (κ1) is 15.5. The van der Waals surface area contributed by atoms with Crippen molar-refractivity contribution in [3.8, 4) is 11.4 Å². The smallest absolute Gasteiger partial charge is 0.248 e. The summed E-state index contributed by atoms with van der Waals surface area (Å²) in [6.45, 7) is 1.36. The number of para-hydroxylation sites is 1. The van der Waals surface area contributed by atoms with E-state index in [2.05, 4.69) is 20.7 Å². The van der Waals surface area contributed by atoms with E-state index in [1.165, 1.54) is 11.7 Å². The average Bonchev–Trinajstić information content (AvgIpc) is 3.04. The van der Waals surface area contributed by atoms with Gasteiger partial charge in [0.2, 0.25) is 11.7 Å². The number of hydrogen-bond donors (Lipinski definition) is 1. The fourth-order valence-electron chi connectivity index (χ4n) is 2.23. The Morgan fingerprint density at radius 3 is 2.50 bits per heavy atom. The van der Waals surface area contributed by atoms with Gasteiger partial charge >= 0.3 is 0 Å². The third-order valence-electron chi connectivity index (χ3n) is 3.35. The lowest BCUT2D eigenvalue weighted by molar-refractivity contribution is -0.117. The summed E-state index contributed by atoms with van der Waals surface area (Å²) in [7, 11) is 0. The lowest BCUT2D eigenvalue weighted by Crippen LogP contribution is -2.21. The van der Waals surface area contributed by atoms with Crippen LogP contribution in [-0.4, -0.2) is 31.9 Å². The van der Waals surface area contributed by atoms with Crippen molar-refractivity contribution < 1.29 is 9.59 Å². The standard InChI is InChI=1S/C17H15N5O2/c1-12(23)14-9-5-6-10-15(14)18-16(24)11-22-20-17(19-21-22)13-7-3-2-4-8-13/h2-10H,11H2,1H3,(H,18,24). The van der Waals surface area contributed by atoms with Crippen LogP contribution in [0.5, 0.6) is 0 Å². The van der Waals surface area contributed by atoms with Crippen LogP contribution in [0.2, 0.25) is 0 Å². The van der Waals surface area contributed by atoms with Crippen molar-refractivity contribution in [1.82, 2.24) is 20.2 Å². The molecule has 1 heterocycles. The summed E-state index contributed by atoms with van der Waals surface area (Å²) in [5.41, 5.74) is 1.76. The minimum absolute atomic E-state index is 0.0912. The van der Waals surface area contributed by atoms with Crippen molar-refractivity contribution in [1.29, 1.82) is 0 Å². The minimum atomic E-state index is -0.333. The largest absolute Gasteiger partial charge is 0.324 e. The highest BCUT2D eigenvalue weighted by atomic mass is 16.2. The Kier molecular flexibility index (Phi) is 4.42. The molecule has 1 N–H and O–H groups in total. The molecular weight excluding hydrogens is 306 g/mol. The Hall–Kier alpha value is -3.35. The van der Waals surface area contributed by atoms with E-state index < -0.39 is 0 Å². The maximum Gasteiger partial charge on any atom is 0.248 e. The normalized spacial score (nSPS) is 10.4. The number of nitrogens with one attached hydrogen (secondary N) is 1. The van der Waals surface area contributed by atoms with Crippen LogP contribution in [0.3, 0.4) is 0 Å². The molecular formula is C17H15N5O2. The average molecular weight is 321 g/mol. The molecule has 0 radical (unpaired) electrons. The second kappa shape index (κ2) is 6.82. The number of hydrogen-bond acceptors (Lipinski definition) is 5. The molecule has 0 bridgehead atoms. The van der Waals surface area contributed by atoms with Gasteiger partial charge in [-0.15, -0.1) is 10.2 Å². The predicted molar refractivity (Wildman–Crippen MR) is 88.3 cm³/mol. The third kappa shape index (κ3) is 3.52. The van der Waals surface area contributed by atoms with Crippen LogP contribution >= 0.6 is 0 Å². The molecule has 0 aliphatic rings. The van der Waals surface area contributed by atoms with Gasteiger partial charge in [-0.25, -0.2) is 0 Å². The van der Waals surface area contributed by atoms with E-state index in [4.69, 9.17) is 0 Å². The first-order valence-electron chi connectivity index (χ1n) is 7.36. The van der Waals surface area contributed by atoms with Crippen molar-refractivity contribution in [2.24, 2.45) is 0 Å². The SMILES string of the molecule is CC(=O)c1ccccc1NC(=O)Cn1nnc(-c2ccccc2)n1. The number of tetrazole rings is 1. The second-order valence-corrected chi connectivity index (χ2v) is 5.16. The molecule has 0 spiro atoms. The number of amides is 1. The van der Waals surface area contributed by atoms with Gasteiger partial charge in [-0.3, -0.25) is 9.59 Å². The number of carbonyl (C=O) groups is 2. The van der Waals surface area contributed by atoms with Crippen LogP contribution in [0.25, 0.3) is 11.4 Å². The number of Topliss-reactive ketones (excluding diaryl/α,β-unsaturated/α-hetero) is 1. The van der Waals surface area contributed by atoms with Crippen LogP contribution in [0.4, 0.5) is 5.69 Å². The monoisotopic (exact) mass is 321 g/mol. The fourth-order valence-corrected chi connectivity index (χ4v) is 2.23. The van der Waals surface area contributed by atoms with Gasteiger partial charge in [0.05, 0.1) is 5.69 Å². The van der Waals surface area contributed by atoms with Gasteiger partial charge in [0, 0.05) is 11.1 Å². The molecule has 0 fully saturated rings. The van der Waals surface area contributed by atoms with Crippen LogP contribution in [0.1, 0.15) is 17.3 Å². The Bertz CT molecular complexity index is 873. The van der Waals surface area contributed by atoms with E-state index in [-0.39, 0.29) is 18.2 Å². The van der Waals surface area contributed by atoms with E-state index in [1.807, 2.05) is 30.3 Å². The van der Waals surface area contributed by atoms with Crippen LogP contribution in [0.15, 0.2) is 54.6 Å². The summed E-state index contributed by atoms with van der Waals surface area (Å²) in [6, 6.07) is 16.2. The van der Waals surface area contributed by atoms with E-state index >= 15 is 0 Å². The van der Waals surface area contributed by atoms with Crippen LogP contribution in [-0.2, 0) is 11.3 Å². The highest BCUT2D eigenvalue weighted by Crippen LogP contribution is 2.16. The van der Waals surface area contributed by atoms with Gasteiger partial charge < -0.3 is 5.32 Å². The maximum atomic E-state index is 12.2. The Morgan fingerprint density at radius 1 is 1.04 bits per heavy atom. The lowest BCUT2D eigenvalue weighted by atomic mass is 10.1. The lowest BCUT2D eigenvalue weighted by Gasteiger charge is -2.08. The maximum absolute atomic E-state index is 12.2. The molecule has 1 aromatic heterocycles. The third-order valence-corrected chi connectivity index (χ3v) is 3.35. The molecule has 7 heteroatoms. The predicted octanol–water partition coefficient (Wildman–Crippen LogP) is 2.18. The number of aromatic nitrogens is 4. The number of ketones is 1. The topological polar surface area (TPSA) is 89.8 Å². The molecule has 0 atom stereocenters. The molecule has 0 aliphatic heterocycles. The molecule has 0 saturated heterocycles. The number of nitrogens with zero attached hydrogens (tertiary/aromatic N) is 4. The summed E-state index contributed by atoms with van der Waals surface area (Å²) in [4.78, 5) is 24.9. The van der Waals surface area contributed by atoms with Crippen molar-refractivity contribution in [3.05, 3.63) is 60.2 Å². The first-order chi connectivity index (χ1) is 11.6. The summed E-state index contributed by atoms with van der Waals surface area (Å²) in [5, 5.41) is 14.7. The molecule has 0 saturated carbocycles. The second-order valence-electron chi connectivity index (χ2n) is 5.16. The molecule has 3 rings (SSSR count). The zero-order valence-corrected chi connectivity index (χ0v) is 13.0. The summed E-state index contributed by atoms with van der Waals surface area (Å²) in [5.74, 6) is 0.00407. The van der Waals surface area contributed by atoms with Gasteiger partial charge in [0.15, 0.2) is 5.78 Å². The van der Waals surface area contributed by atoms with E-state index in [0.29, 0.717) is 17.1 Å². The highest BCUT2D eigenvalue weighted by molar-refractivity contribution is 6.03. The summed E-state index contributed by atoms with van der Waals surface area (Å²) < 4.78 is 0. The molecule has 0 aliphatic carbocycles. The quantitative estimate of drug-likeness (QED) is 0.727. The van der Waals surface area contributed by atoms with Crippen LogP contribution < -0.4 is 5.32 Å². The zero-order valence-electron chi connectivity index (χ0n) is 13.0. The number of rotatable bonds is 5. The number of anilines is 1. The van der Waals surface area contributed by atoms with Crippen molar-refractivity contribution in [3.63, 3.8) is 0 Å². The summed E-state index contributed by atoms with van der Waals surface area (Å²) >= 11 is 0. The number of carbonyl (C=O) groups excluding carboxylic acids is 2. The van der Waals surface area contributed by atoms with Crippen molar-refractivity contribution in [2.75, 3.05) is 5.32 Å². The van der Waals surface area contributed by atoms with Crippen molar-refractivity contribution in [2.45, 2.75) is 13.5 Å². The van der Waals surface area contributed by atoms with Gasteiger partial charge in [-0.2, -0.15) is 4.80 Å². The number of benzene rings is 2.